The van der Waals surface area contributed by atoms with E-state index in [-0.39, 0.29) is 9.32 Å². The van der Waals surface area contributed by atoms with Gasteiger partial charge in [0.15, 0.2) is 0 Å². The molecule has 1 rings (SSSR count). The third kappa shape index (κ3) is 2.78. The molecule has 0 radical (unpaired) electrons. The largest absolute Gasteiger partial charge is 0.501 e. The molecule has 0 fully saturated rings. The molecule has 0 amide bonds. The second-order valence-electron chi connectivity index (χ2n) is 2.62. The Labute approximate surface area is 98.1 Å². The van der Waals surface area contributed by atoms with Crippen LogP contribution in [0.3, 0.4) is 0 Å². The van der Waals surface area contributed by atoms with Crippen LogP contribution in [0.4, 0.5) is 5.69 Å². The lowest BCUT2D eigenvalue weighted by atomic mass is 10.3. The summed E-state index contributed by atoms with van der Waals surface area (Å²) in [5.41, 5.74) is -0.488. The number of aromatic hydroxyl groups is 1. The fourth-order valence-corrected chi connectivity index (χ4v) is 1.51. The first-order valence-corrected chi connectivity index (χ1v) is 4.85. The minimum Gasteiger partial charge on any atom is -0.501 e. The van der Waals surface area contributed by atoms with Gasteiger partial charge in [0.1, 0.15) is 5.75 Å². The molecule has 7 heteroatoms. The van der Waals surface area contributed by atoms with E-state index in [1.807, 2.05) is 0 Å². The van der Waals surface area contributed by atoms with Gasteiger partial charge >= 0.3 is 11.7 Å². The first-order valence-electron chi connectivity index (χ1n) is 3.77. The summed E-state index contributed by atoms with van der Waals surface area (Å²) in [6.07, 6.45) is 0. The Bertz CT molecular complexity index is 431. The number of nitro benzene ring substituents is 1. The van der Waals surface area contributed by atoms with Crippen LogP contribution in [0.2, 0.25) is 0 Å². The minimum absolute atomic E-state index is 0.0383. The van der Waals surface area contributed by atoms with Crippen molar-refractivity contribution in [1.82, 2.24) is 0 Å². The maximum absolute atomic E-state index is 10.6. The van der Waals surface area contributed by atoms with Crippen LogP contribution in [0.5, 0.6) is 11.5 Å². The Kier molecular flexibility index (Phi) is 3.45. The highest BCUT2D eigenvalue weighted by molar-refractivity contribution is 14.1. The van der Waals surface area contributed by atoms with Crippen LogP contribution < -0.4 is 4.74 Å². The van der Waals surface area contributed by atoms with Crippen LogP contribution in [0.1, 0.15) is 6.92 Å². The average molecular weight is 323 g/mol. The van der Waals surface area contributed by atoms with Crippen LogP contribution in [0.15, 0.2) is 12.1 Å². The Morgan fingerprint density at radius 1 is 1.60 bits per heavy atom. The Morgan fingerprint density at radius 3 is 2.67 bits per heavy atom. The number of nitro groups is 1. The molecule has 0 aliphatic heterocycles. The smallest absolute Gasteiger partial charge is 0.315 e. The fraction of sp³-hybridized carbons (Fsp3) is 0.125. The van der Waals surface area contributed by atoms with Gasteiger partial charge in [0.25, 0.3) is 0 Å². The number of carbonyl (C=O) groups is 1. The van der Waals surface area contributed by atoms with Crippen molar-refractivity contribution in [3.8, 4) is 11.5 Å². The van der Waals surface area contributed by atoms with E-state index in [0.29, 0.717) is 0 Å². The van der Waals surface area contributed by atoms with Gasteiger partial charge in [0.05, 0.1) is 14.6 Å². The van der Waals surface area contributed by atoms with E-state index < -0.39 is 22.3 Å². The molecule has 0 spiro atoms. The molecule has 0 aromatic heterocycles. The van der Waals surface area contributed by atoms with Crippen LogP contribution in [0, 0.1) is 13.7 Å². The van der Waals surface area contributed by atoms with Gasteiger partial charge in [-0.3, -0.25) is 14.9 Å². The van der Waals surface area contributed by atoms with Gasteiger partial charge in [0.2, 0.25) is 5.75 Å². The number of phenolic OH excluding ortho intramolecular Hbond substituents is 1. The maximum Gasteiger partial charge on any atom is 0.315 e. The normalized spacial score (nSPS) is 9.73. The summed E-state index contributed by atoms with van der Waals surface area (Å²) in [7, 11) is 0. The number of nitrogens with zero attached hydrogens (tertiary/aromatic N) is 1. The molecule has 0 heterocycles. The number of benzene rings is 1. The van der Waals surface area contributed by atoms with Crippen LogP contribution in [-0.2, 0) is 4.79 Å². The molecule has 1 N–H and O–H groups in total. The molecule has 0 aliphatic rings. The molecule has 1 aromatic carbocycles. The van der Waals surface area contributed by atoms with Crippen LogP contribution in [-0.4, -0.2) is 16.0 Å². The van der Waals surface area contributed by atoms with Gasteiger partial charge in [-0.05, 0) is 28.7 Å². The standard InChI is InChI=1S/C8H6INO5/c1-4(11)15-5-2-6(9)8(12)7(3-5)10(13)14/h2-3,12H,1H3. The Hall–Kier alpha value is -1.38. The van der Waals surface area contributed by atoms with Crippen molar-refractivity contribution >= 4 is 34.2 Å². The maximum atomic E-state index is 10.6. The molecular weight excluding hydrogens is 317 g/mol. The van der Waals surface area contributed by atoms with Crippen molar-refractivity contribution in [2.45, 2.75) is 6.92 Å². The summed E-state index contributed by atoms with van der Waals surface area (Å²) < 4.78 is 4.93. The average Bonchev–Trinajstić information content (AvgIpc) is 2.09. The second kappa shape index (κ2) is 4.43. The van der Waals surface area contributed by atoms with Crippen LogP contribution in [0.25, 0.3) is 0 Å². The van der Waals surface area contributed by atoms with Gasteiger partial charge < -0.3 is 9.84 Å². The number of rotatable bonds is 2. The van der Waals surface area contributed by atoms with Crippen molar-refractivity contribution in [2.24, 2.45) is 0 Å². The van der Waals surface area contributed by atoms with Crippen molar-refractivity contribution in [2.75, 3.05) is 0 Å². The highest BCUT2D eigenvalue weighted by Crippen LogP contribution is 2.35. The summed E-state index contributed by atoms with van der Waals surface area (Å²) in [5.74, 6) is -0.973. The van der Waals surface area contributed by atoms with Gasteiger partial charge in [-0.1, -0.05) is 0 Å². The van der Waals surface area contributed by atoms with Crippen LogP contribution >= 0.6 is 22.6 Å². The van der Waals surface area contributed by atoms with Gasteiger partial charge in [-0.2, -0.15) is 0 Å². The third-order valence-electron chi connectivity index (χ3n) is 1.48. The van der Waals surface area contributed by atoms with Gasteiger partial charge in [-0.15, -0.1) is 0 Å². The van der Waals surface area contributed by atoms with Crippen molar-refractivity contribution in [1.29, 1.82) is 0 Å². The number of hydrogen-bond donors (Lipinski definition) is 1. The topological polar surface area (TPSA) is 89.7 Å². The second-order valence-corrected chi connectivity index (χ2v) is 3.79. The van der Waals surface area contributed by atoms with Crippen molar-refractivity contribution < 1.29 is 19.6 Å². The number of carbonyl (C=O) groups excluding carboxylic acids is 1. The summed E-state index contributed by atoms with van der Waals surface area (Å²) in [5, 5.41) is 19.9. The molecule has 0 saturated heterocycles. The molecule has 15 heavy (non-hydrogen) atoms. The first-order chi connectivity index (χ1) is 6.91. The molecule has 1 aromatic rings. The minimum atomic E-state index is -0.746. The Balaban J connectivity index is 3.23. The molecule has 80 valence electrons. The summed E-state index contributed by atoms with van der Waals surface area (Å²) in [6, 6.07) is 2.34. The number of halogens is 1. The van der Waals surface area contributed by atoms with E-state index in [1.54, 1.807) is 22.6 Å². The zero-order valence-corrected chi connectivity index (χ0v) is 9.72. The number of hydrogen-bond acceptors (Lipinski definition) is 5. The molecular formula is C8H6INO5. The first kappa shape index (κ1) is 11.7. The summed E-state index contributed by atoms with van der Waals surface area (Å²) in [6.45, 7) is 1.19. The van der Waals surface area contributed by atoms with Crippen molar-refractivity contribution in [3.05, 3.63) is 25.8 Å². The van der Waals surface area contributed by atoms with Crippen molar-refractivity contribution in [3.63, 3.8) is 0 Å². The van der Waals surface area contributed by atoms with E-state index >= 15 is 0 Å². The SMILES string of the molecule is CC(=O)Oc1cc(I)c(O)c([N+](=O)[O-])c1. The molecule has 6 nitrogen and oxygen atoms in total. The molecule has 0 bridgehead atoms. The highest BCUT2D eigenvalue weighted by atomic mass is 127. The van der Waals surface area contributed by atoms with E-state index in [0.717, 1.165) is 6.07 Å². The predicted molar refractivity (Wildman–Crippen MR) is 58.8 cm³/mol. The molecule has 0 aliphatic carbocycles. The van der Waals surface area contributed by atoms with Gasteiger partial charge in [0, 0.05) is 6.92 Å². The van der Waals surface area contributed by atoms with E-state index in [4.69, 9.17) is 0 Å². The zero-order valence-electron chi connectivity index (χ0n) is 7.56. The molecule has 0 unspecified atom stereocenters. The number of ether oxygens (including phenoxy) is 1. The lowest BCUT2D eigenvalue weighted by molar-refractivity contribution is -0.386. The number of phenols is 1. The quantitative estimate of drug-likeness (QED) is 0.295. The Morgan fingerprint density at radius 2 is 2.20 bits per heavy atom. The highest BCUT2D eigenvalue weighted by Gasteiger charge is 2.18. The lowest BCUT2D eigenvalue weighted by Crippen LogP contribution is -2.02. The lowest BCUT2D eigenvalue weighted by Gasteiger charge is -2.03. The van der Waals surface area contributed by atoms with E-state index in [1.165, 1.54) is 13.0 Å². The fourth-order valence-electron chi connectivity index (χ4n) is 0.924. The molecule has 0 atom stereocenters. The molecule has 0 saturated carbocycles. The predicted octanol–water partition coefficient (Wildman–Crippen LogP) is 1.83. The van der Waals surface area contributed by atoms with Gasteiger partial charge in [-0.25, -0.2) is 0 Å². The summed E-state index contributed by atoms with van der Waals surface area (Å²) in [4.78, 5) is 20.4. The van der Waals surface area contributed by atoms with E-state index in [2.05, 4.69) is 4.74 Å². The monoisotopic (exact) mass is 323 g/mol. The number of esters is 1. The summed E-state index contributed by atoms with van der Waals surface area (Å²) >= 11 is 1.71. The third-order valence-corrected chi connectivity index (χ3v) is 2.30. The zero-order chi connectivity index (χ0) is 11.6. The van der Waals surface area contributed by atoms with E-state index in [9.17, 15) is 20.0 Å².